The third-order valence-corrected chi connectivity index (χ3v) is 4.90. The number of carbonyl (C=O) groups excluding carboxylic acids is 1. The number of nitrogens with two attached hydrogens (primary N) is 1. The van der Waals surface area contributed by atoms with Crippen LogP contribution in [-0.4, -0.2) is 11.9 Å². The summed E-state index contributed by atoms with van der Waals surface area (Å²) in [6.45, 7) is 0.719. The molecule has 1 aliphatic carbocycles. The van der Waals surface area contributed by atoms with Crippen molar-refractivity contribution >= 4 is 42.1 Å². The predicted molar refractivity (Wildman–Crippen MR) is 124 cm³/mol. The highest BCUT2D eigenvalue weighted by Crippen LogP contribution is 2.39. The standard InChI is InChI=1S/C23H23N3O.2ClH/c24-22-14-21(22)17-9-11-19(12-10-17)26-23(27)18-7-4-8-20(13-18)25-15-16-5-2-1-3-6-16;;/h1-13,21-22,25H,14-15,24H2,(H,26,27);2*1H. The van der Waals surface area contributed by atoms with Crippen LogP contribution in [-0.2, 0) is 6.54 Å². The third-order valence-electron chi connectivity index (χ3n) is 4.90. The van der Waals surface area contributed by atoms with Gasteiger partial charge in [-0.2, -0.15) is 0 Å². The van der Waals surface area contributed by atoms with Crippen LogP contribution in [0.4, 0.5) is 11.4 Å². The second-order valence-corrected chi connectivity index (χ2v) is 7.00. The van der Waals surface area contributed by atoms with E-state index < -0.39 is 0 Å². The average molecular weight is 430 g/mol. The van der Waals surface area contributed by atoms with Crippen LogP contribution < -0.4 is 16.4 Å². The zero-order valence-corrected chi connectivity index (χ0v) is 17.5. The van der Waals surface area contributed by atoms with E-state index in [9.17, 15) is 4.79 Å². The lowest BCUT2D eigenvalue weighted by Gasteiger charge is -2.10. The number of benzene rings is 3. The van der Waals surface area contributed by atoms with Crippen LogP contribution in [0.5, 0.6) is 0 Å². The second-order valence-electron chi connectivity index (χ2n) is 7.00. The van der Waals surface area contributed by atoms with Gasteiger partial charge >= 0.3 is 0 Å². The lowest BCUT2D eigenvalue weighted by molar-refractivity contribution is 0.102. The molecule has 2 atom stereocenters. The fourth-order valence-corrected chi connectivity index (χ4v) is 3.19. The van der Waals surface area contributed by atoms with Gasteiger partial charge in [0.2, 0.25) is 0 Å². The van der Waals surface area contributed by atoms with Crippen LogP contribution in [0.1, 0.15) is 33.8 Å². The summed E-state index contributed by atoms with van der Waals surface area (Å²) in [6.07, 6.45) is 1.05. The molecule has 0 saturated heterocycles. The minimum atomic E-state index is -0.116. The van der Waals surface area contributed by atoms with E-state index in [-0.39, 0.29) is 36.8 Å². The van der Waals surface area contributed by atoms with Gasteiger partial charge in [0.1, 0.15) is 0 Å². The number of anilines is 2. The Morgan fingerprint density at radius 3 is 2.24 bits per heavy atom. The van der Waals surface area contributed by atoms with Gasteiger partial charge in [-0.1, -0.05) is 48.5 Å². The van der Waals surface area contributed by atoms with Gasteiger partial charge in [-0.3, -0.25) is 4.79 Å². The highest BCUT2D eigenvalue weighted by molar-refractivity contribution is 6.04. The molecule has 3 aromatic carbocycles. The van der Waals surface area contributed by atoms with Crippen LogP contribution in [0, 0.1) is 0 Å². The van der Waals surface area contributed by atoms with Crippen LogP contribution in [0.3, 0.4) is 0 Å². The largest absolute Gasteiger partial charge is 0.381 e. The topological polar surface area (TPSA) is 67.1 Å². The average Bonchev–Trinajstić information content (AvgIpc) is 3.44. The summed E-state index contributed by atoms with van der Waals surface area (Å²) in [6, 6.07) is 26.0. The molecule has 1 fully saturated rings. The molecule has 152 valence electrons. The molecular weight excluding hydrogens is 405 g/mol. The van der Waals surface area contributed by atoms with E-state index >= 15 is 0 Å². The van der Waals surface area contributed by atoms with Crippen molar-refractivity contribution in [1.29, 1.82) is 0 Å². The Labute approximate surface area is 183 Å². The smallest absolute Gasteiger partial charge is 0.255 e. The molecule has 0 heterocycles. The molecule has 0 aliphatic heterocycles. The molecule has 6 heteroatoms. The third kappa shape index (κ3) is 5.97. The SMILES string of the molecule is Cl.Cl.NC1CC1c1ccc(NC(=O)c2cccc(NCc3ccccc3)c2)cc1. The number of amides is 1. The molecule has 1 aliphatic rings. The molecular formula is C23H25Cl2N3O. The summed E-state index contributed by atoms with van der Waals surface area (Å²) in [5, 5.41) is 6.32. The fourth-order valence-electron chi connectivity index (χ4n) is 3.19. The van der Waals surface area contributed by atoms with Crippen LogP contribution in [0.25, 0.3) is 0 Å². The van der Waals surface area contributed by atoms with Crippen molar-refractivity contribution in [3.05, 3.63) is 95.6 Å². The first-order valence-electron chi connectivity index (χ1n) is 9.24. The summed E-state index contributed by atoms with van der Waals surface area (Å²) >= 11 is 0. The summed E-state index contributed by atoms with van der Waals surface area (Å²) in [4.78, 5) is 12.6. The molecule has 4 rings (SSSR count). The molecule has 2 unspecified atom stereocenters. The first-order chi connectivity index (χ1) is 13.2. The van der Waals surface area contributed by atoms with E-state index in [4.69, 9.17) is 5.73 Å². The first-order valence-corrected chi connectivity index (χ1v) is 9.24. The molecule has 0 spiro atoms. The molecule has 1 amide bonds. The van der Waals surface area contributed by atoms with Crippen LogP contribution in [0.2, 0.25) is 0 Å². The fraction of sp³-hybridized carbons (Fsp3) is 0.174. The Morgan fingerprint density at radius 2 is 1.59 bits per heavy atom. The Bertz CT molecular complexity index is 932. The van der Waals surface area contributed by atoms with Crippen molar-refractivity contribution in [2.24, 2.45) is 5.73 Å². The number of halogens is 2. The highest BCUT2D eigenvalue weighted by atomic mass is 35.5. The van der Waals surface area contributed by atoms with E-state index in [1.807, 2.05) is 66.7 Å². The summed E-state index contributed by atoms with van der Waals surface area (Å²) in [5.41, 5.74) is 10.7. The minimum absolute atomic E-state index is 0. The Morgan fingerprint density at radius 1 is 0.897 bits per heavy atom. The van der Waals surface area contributed by atoms with Crippen LogP contribution >= 0.6 is 24.8 Å². The Hall–Kier alpha value is -2.53. The summed E-state index contributed by atoms with van der Waals surface area (Å²) in [5.74, 6) is 0.358. The van der Waals surface area contributed by atoms with Gasteiger partial charge in [0.25, 0.3) is 5.91 Å². The molecule has 3 aromatic rings. The molecule has 29 heavy (non-hydrogen) atoms. The lowest BCUT2D eigenvalue weighted by atomic mass is 10.1. The van der Waals surface area contributed by atoms with Crippen molar-refractivity contribution in [3.8, 4) is 0 Å². The van der Waals surface area contributed by atoms with Gasteiger partial charge in [-0.15, -0.1) is 24.8 Å². The van der Waals surface area contributed by atoms with Gasteiger partial charge in [0.15, 0.2) is 0 Å². The van der Waals surface area contributed by atoms with Crippen molar-refractivity contribution in [2.45, 2.75) is 24.9 Å². The summed E-state index contributed by atoms with van der Waals surface area (Å²) < 4.78 is 0. The molecule has 4 nitrogen and oxygen atoms in total. The number of rotatable bonds is 6. The zero-order valence-electron chi connectivity index (χ0n) is 15.9. The van der Waals surface area contributed by atoms with E-state index in [1.165, 1.54) is 11.1 Å². The quantitative estimate of drug-likeness (QED) is 0.503. The van der Waals surface area contributed by atoms with Gasteiger partial charge in [-0.05, 0) is 47.9 Å². The maximum atomic E-state index is 12.6. The van der Waals surface area contributed by atoms with E-state index in [2.05, 4.69) is 22.8 Å². The highest BCUT2D eigenvalue weighted by Gasteiger charge is 2.34. The van der Waals surface area contributed by atoms with Gasteiger partial charge in [0.05, 0.1) is 0 Å². The minimum Gasteiger partial charge on any atom is -0.381 e. The Balaban J connectivity index is 0.00000150. The van der Waals surface area contributed by atoms with Gasteiger partial charge in [-0.25, -0.2) is 0 Å². The number of hydrogen-bond acceptors (Lipinski definition) is 3. The molecule has 0 aromatic heterocycles. The lowest BCUT2D eigenvalue weighted by Crippen LogP contribution is -2.12. The normalized spacial score (nSPS) is 16.7. The molecule has 4 N–H and O–H groups in total. The Kier molecular flexibility index (Phi) is 8.09. The van der Waals surface area contributed by atoms with Crippen molar-refractivity contribution in [1.82, 2.24) is 0 Å². The van der Waals surface area contributed by atoms with Gasteiger partial charge in [0, 0.05) is 35.4 Å². The van der Waals surface area contributed by atoms with Crippen molar-refractivity contribution < 1.29 is 4.79 Å². The summed E-state index contributed by atoms with van der Waals surface area (Å²) in [7, 11) is 0. The molecule has 0 bridgehead atoms. The zero-order chi connectivity index (χ0) is 18.6. The van der Waals surface area contributed by atoms with Crippen molar-refractivity contribution in [3.63, 3.8) is 0 Å². The first kappa shape index (κ1) is 22.8. The maximum Gasteiger partial charge on any atom is 0.255 e. The monoisotopic (exact) mass is 429 g/mol. The predicted octanol–water partition coefficient (Wildman–Crippen LogP) is 5.21. The number of hydrogen-bond donors (Lipinski definition) is 3. The van der Waals surface area contributed by atoms with E-state index in [0.29, 0.717) is 11.5 Å². The molecule has 0 radical (unpaired) electrons. The van der Waals surface area contributed by atoms with Gasteiger partial charge < -0.3 is 16.4 Å². The number of carbonyl (C=O) groups is 1. The van der Waals surface area contributed by atoms with E-state index in [1.54, 1.807) is 0 Å². The number of nitrogens with one attached hydrogen (secondary N) is 2. The molecule has 1 saturated carbocycles. The van der Waals surface area contributed by atoms with E-state index in [0.717, 1.165) is 24.3 Å². The van der Waals surface area contributed by atoms with Crippen molar-refractivity contribution in [2.75, 3.05) is 10.6 Å². The van der Waals surface area contributed by atoms with Crippen LogP contribution in [0.15, 0.2) is 78.9 Å². The second kappa shape index (κ2) is 10.3. The maximum absolute atomic E-state index is 12.6.